The second-order valence-corrected chi connectivity index (χ2v) is 7.85. The van der Waals surface area contributed by atoms with Crippen LogP contribution in [0.25, 0.3) is 11.3 Å². The van der Waals surface area contributed by atoms with Gasteiger partial charge in [-0.2, -0.15) is 0 Å². The summed E-state index contributed by atoms with van der Waals surface area (Å²) >= 11 is 2.97. The number of carbonyl (C=O) groups is 1. The van der Waals surface area contributed by atoms with Gasteiger partial charge in [0.2, 0.25) is 0 Å². The van der Waals surface area contributed by atoms with E-state index in [2.05, 4.69) is 29.1 Å². The zero-order chi connectivity index (χ0) is 17.8. The van der Waals surface area contributed by atoms with Gasteiger partial charge in [-0.3, -0.25) is 10.1 Å². The Bertz CT molecular complexity index is 861. The topological polar surface area (TPSA) is 80.9 Å². The van der Waals surface area contributed by atoms with E-state index in [0.717, 1.165) is 21.1 Å². The summed E-state index contributed by atoms with van der Waals surface area (Å²) in [6.07, 6.45) is 0.685. The summed E-state index contributed by atoms with van der Waals surface area (Å²) in [5, 5.41) is 6.11. The maximum absolute atomic E-state index is 12.4. The van der Waals surface area contributed by atoms with Crippen LogP contribution in [-0.4, -0.2) is 22.4 Å². The number of amides is 1. The lowest BCUT2D eigenvalue weighted by Crippen LogP contribution is -2.12. The molecule has 0 radical (unpaired) electrons. The third kappa shape index (κ3) is 4.67. The molecule has 8 heteroatoms. The second-order valence-electron chi connectivity index (χ2n) is 5.87. The number of hydrogen-bond acceptors (Lipinski definition) is 6. The van der Waals surface area contributed by atoms with Gasteiger partial charge in [-0.25, -0.2) is 9.97 Å². The standard InChI is InChI=1S/C18H20N4OS2.ClH/c1-11(2)16-15(12-6-4-3-5-7-12)21-18(25-16)22-17(23)13-10-24-14(20-13)8-9-19;/h3-7,10-11H,8-9,19H2,1-2H3,(H,21,22,23);1H. The van der Waals surface area contributed by atoms with Crippen LogP contribution >= 0.6 is 35.1 Å². The van der Waals surface area contributed by atoms with Crippen LogP contribution < -0.4 is 11.1 Å². The summed E-state index contributed by atoms with van der Waals surface area (Å²) in [7, 11) is 0. The Morgan fingerprint density at radius 3 is 2.62 bits per heavy atom. The van der Waals surface area contributed by atoms with E-state index in [1.165, 1.54) is 22.7 Å². The van der Waals surface area contributed by atoms with E-state index in [0.29, 0.717) is 29.7 Å². The van der Waals surface area contributed by atoms with Gasteiger partial charge < -0.3 is 5.73 Å². The fraction of sp³-hybridized carbons (Fsp3) is 0.278. The summed E-state index contributed by atoms with van der Waals surface area (Å²) in [5.74, 6) is 0.0944. The van der Waals surface area contributed by atoms with E-state index in [1.807, 2.05) is 30.3 Å². The van der Waals surface area contributed by atoms with Crippen molar-refractivity contribution in [3.8, 4) is 11.3 Å². The summed E-state index contributed by atoms with van der Waals surface area (Å²) in [4.78, 5) is 22.6. The zero-order valence-corrected chi connectivity index (χ0v) is 17.0. The van der Waals surface area contributed by atoms with Crippen molar-refractivity contribution in [2.75, 3.05) is 11.9 Å². The van der Waals surface area contributed by atoms with E-state index in [4.69, 9.17) is 5.73 Å². The molecule has 138 valence electrons. The number of benzene rings is 1. The number of aromatic nitrogens is 2. The van der Waals surface area contributed by atoms with Crippen molar-refractivity contribution in [2.24, 2.45) is 5.73 Å². The SMILES string of the molecule is CC(C)c1sc(NC(=O)c2csc(CCN)n2)nc1-c1ccccc1.Cl. The highest BCUT2D eigenvalue weighted by atomic mass is 35.5. The lowest BCUT2D eigenvalue weighted by Gasteiger charge is -2.04. The summed E-state index contributed by atoms with van der Waals surface area (Å²) < 4.78 is 0. The third-order valence-electron chi connectivity index (χ3n) is 3.59. The number of rotatable bonds is 6. The van der Waals surface area contributed by atoms with Crippen LogP contribution in [-0.2, 0) is 6.42 Å². The van der Waals surface area contributed by atoms with Crippen molar-refractivity contribution >= 4 is 46.1 Å². The Hall–Kier alpha value is -1.80. The molecule has 5 nitrogen and oxygen atoms in total. The molecule has 3 aromatic rings. The molecule has 0 aliphatic heterocycles. The molecular weight excluding hydrogens is 388 g/mol. The highest BCUT2D eigenvalue weighted by Gasteiger charge is 2.18. The molecule has 1 amide bonds. The third-order valence-corrected chi connectivity index (χ3v) is 5.77. The molecule has 0 saturated carbocycles. The molecule has 0 aliphatic carbocycles. The number of nitrogens with zero attached hydrogens (tertiary/aromatic N) is 2. The zero-order valence-electron chi connectivity index (χ0n) is 14.6. The van der Waals surface area contributed by atoms with Crippen molar-refractivity contribution < 1.29 is 4.79 Å². The smallest absolute Gasteiger partial charge is 0.276 e. The van der Waals surface area contributed by atoms with Crippen LogP contribution in [0.4, 0.5) is 5.13 Å². The first-order chi connectivity index (χ1) is 12.1. The average Bonchev–Trinajstić information content (AvgIpc) is 3.23. The Balaban J connectivity index is 0.00000243. The van der Waals surface area contributed by atoms with E-state index in [1.54, 1.807) is 5.38 Å². The van der Waals surface area contributed by atoms with Crippen LogP contribution in [0.1, 0.15) is 40.1 Å². The minimum absolute atomic E-state index is 0. The number of nitrogens with two attached hydrogens (primary N) is 1. The maximum Gasteiger partial charge on any atom is 0.276 e. The monoisotopic (exact) mass is 408 g/mol. The molecule has 2 aromatic heterocycles. The molecular formula is C18H21ClN4OS2. The number of nitrogens with one attached hydrogen (secondary N) is 1. The highest BCUT2D eigenvalue weighted by molar-refractivity contribution is 7.16. The van der Waals surface area contributed by atoms with E-state index in [9.17, 15) is 4.79 Å². The van der Waals surface area contributed by atoms with Gasteiger partial charge in [-0.1, -0.05) is 44.2 Å². The van der Waals surface area contributed by atoms with Crippen molar-refractivity contribution in [3.63, 3.8) is 0 Å². The number of anilines is 1. The molecule has 0 atom stereocenters. The lowest BCUT2D eigenvalue weighted by atomic mass is 10.1. The molecule has 26 heavy (non-hydrogen) atoms. The van der Waals surface area contributed by atoms with Crippen LogP contribution in [0.3, 0.4) is 0 Å². The Labute approximate surface area is 167 Å². The van der Waals surface area contributed by atoms with Gasteiger partial charge in [-0.05, 0) is 12.5 Å². The molecule has 0 bridgehead atoms. The lowest BCUT2D eigenvalue weighted by molar-refractivity contribution is 0.102. The first-order valence-corrected chi connectivity index (χ1v) is 9.80. The number of hydrogen-bond donors (Lipinski definition) is 2. The van der Waals surface area contributed by atoms with Gasteiger partial charge in [0.05, 0.1) is 10.7 Å². The van der Waals surface area contributed by atoms with Crippen molar-refractivity contribution in [2.45, 2.75) is 26.2 Å². The first kappa shape index (κ1) is 20.5. The van der Waals surface area contributed by atoms with Crippen LogP contribution in [0.15, 0.2) is 35.7 Å². The van der Waals surface area contributed by atoms with Gasteiger partial charge in [0.25, 0.3) is 5.91 Å². The van der Waals surface area contributed by atoms with Gasteiger partial charge in [0.15, 0.2) is 5.13 Å². The van der Waals surface area contributed by atoms with E-state index >= 15 is 0 Å². The molecule has 0 aliphatic rings. The molecule has 0 fully saturated rings. The molecule has 2 heterocycles. The van der Waals surface area contributed by atoms with Gasteiger partial charge in [0.1, 0.15) is 5.69 Å². The predicted molar refractivity (Wildman–Crippen MR) is 112 cm³/mol. The van der Waals surface area contributed by atoms with E-state index in [-0.39, 0.29) is 18.3 Å². The van der Waals surface area contributed by atoms with Crippen molar-refractivity contribution in [1.29, 1.82) is 0 Å². The Morgan fingerprint density at radius 2 is 1.96 bits per heavy atom. The number of thiazole rings is 2. The Morgan fingerprint density at radius 1 is 1.23 bits per heavy atom. The molecule has 0 saturated heterocycles. The van der Waals surface area contributed by atoms with Crippen LogP contribution in [0.5, 0.6) is 0 Å². The number of halogens is 1. The van der Waals surface area contributed by atoms with Gasteiger partial charge in [-0.15, -0.1) is 35.1 Å². The first-order valence-electron chi connectivity index (χ1n) is 8.10. The molecule has 3 rings (SSSR count). The molecule has 0 unspecified atom stereocenters. The quantitative estimate of drug-likeness (QED) is 0.626. The van der Waals surface area contributed by atoms with Gasteiger partial charge in [0, 0.05) is 22.2 Å². The van der Waals surface area contributed by atoms with E-state index < -0.39 is 0 Å². The minimum atomic E-state index is -0.233. The molecule has 3 N–H and O–H groups in total. The molecule has 0 spiro atoms. The van der Waals surface area contributed by atoms with Crippen LogP contribution in [0.2, 0.25) is 0 Å². The fourth-order valence-electron chi connectivity index (χ4n) is 2.39. The van der Waals surface area contributed by atoms with Gasteiger partial charge >= 0.3 is 0 Å². The summed E-state index contributed by atoms with van der Waals surface area (Å²) in [6.45, 7) is 4.79. The fourth-order valence-corrected chi connectivity index (χ4v) is 4.17. The van der Waals surface area contributed by atoms with Crippen molar-refractivity contribution in [1.82, 2.24) is 9.97 Å². The normalized spacial score (nSPS) is 10.6. The van der Waals surface area contributed by atoms with Crippen LogP contribution in [0, 0.1) is 0 Å². The maximum atomic E-state index is 12.4. The number of carbonyl (C=O) groups excluding carboxylic acids is 1. The summed E-state index contributed by atoms with van der Waals surface area (Å²) in [6, 6.07) is 10.0. The predicted octanol–water partition coefficient (Wildman–Crippen LogP) is 4.57. The minimum Gasteiger partial charge on any atom is -0.330 e. The summed E-state index contributed by atoms with van der Waals surface area (Å²) in [5.41, 5.74) is 7.93. The van der Waals surface area contributed by atoms with Crippen molar-refractivity contribution in [3.05, 3.63) is 51.3 Å². The highest BCUT2D eigenvalue weighted by Crippen LogP contribution is 2.36. The average molecular weight is 409 g/mol. The second kappa shape index (κ2) is 9.23. The molecule has 1 aromatic carbocycles. The Kier molecular flexibility index (Phi) is 7.28. The largest absolute Gasteiger partial charge is 0.330 e.